The SMILES string of the molecule is C=CC(=O)N1CCN(C(=O)c2cccc(OC(F)F)c2)CC1. The second-order valence-corrected chi connectivity index (χ2v) is 4.73. The van der Waals surface area contributed by atoms with Crippen molar-refractivity contribution in [3.05, 3.63) is 42.5 Å². The Morgan fingerprint density at radius 3 is 2.41 bits per heavy atom. The molecule has 0 aliphatic carbocycles. The van der Waals surface area contributed by atoms with Crippen molar-refractivity contribution in [3.63, 3.8) is 0 Å². The monoisotopic (exact) mass is 310 g/mol. The van der Waals surface area contributed by atoms with Crippen LogP contribution in [-0.2, 0) is 4.79 Å². The Balaban J connectivity index is 2.01. The summed E-state index contributed by atoms with van der Waals surface area (Å²) in [5.41, 5.74) is 0.279. The molecule has 7 heteroatoms. The number of ether oxygens (including phenoxy) is 1. The van der Waals surface area contributed by atoms with Crippen molar-refractivity contribution >= 4 is 11.8 Å². The first kappa shape index (κ1) is 15.9. The maximum Gasteiger partial charge on any atom is 0.387 e. The molecule has 1 heterocycles. The fourth-order valence-electron chi connectivity index (χ4n) is 2.25. The second kappa shape index (κ2) is 7.02. The van der Waals surface area contributed by atoms with Gasteiger partial charge < -0.3 is 14.5 Å². The van der Waals surface area contributed by atoms with Gasteiger partial charge in [-0.2, -0.15) is 8.78 Å². The van der Waals surface area contributed by atoms with E-state index in [2.05, 4.69) is 11.3 Å². The predicted molar refractivity (Wildman–Crippen MR) is 75.8 cm³/mol. The van der Waals surface area contributed by atoms with Crippen molar-refractivity contribution in [2.75, 3.05) is 26.2 Å². The van der Waals surface area contributed by atoms with Crippen LogP contribution < -0.4 is 4.74 Å². The summed E-state index contributed by atoms with van der Waals surface area (Å²) >= 11 is 0. The molecule has 1 saturated heterocycles. The van der Waals surface area contributed by atoms with E-state index in [9.17, 15) is 18.4 Å². The predicted octanol–water partition coefficient (Wildman–Crippen LogP) is 1.76. The molecule has 0 bridgehead atoms. The van der Waals surface area contributed by atoms with Gasteiger partial charge in [0.2, 0.25) is 5.91 Å². The van der Waals surface area contributed by atoms with Crippen molar-refractivity contribution in [2.45, 2.75) is 6.61 Å². The Morgan fingerprint density at radius 2 is 1.82 bits per heavy atom. The van der Waals surface area contributed by atoms with Crippen LogP contribution in [-0.4, -0.2) is 54.4 Å². The molecule has 0 N–H and O–H groups in total. The first-order chi connectivity index (χ1) is 10.5. The molecule has 1 aliphatic heterocycles. The molecule has 1 aromatic rings. The van der Waals surface area contributed by atoms with Gasteiger partial charge in [-0.25, -0.2) is 0 Å². The summed E-state index contributed by atoms with van der Waals surface area (Å²) in [7, 11) is 0. The lowest BCUT2D eigenvalue weighted by Crippen LogP contribution is -2.50. The Morgan fingerprint density at radius 1 is 1.18 bits per heavy atom. The standard InChI is InChI=1S/C15H16F2N2O3/c1-2-13(20)18-6-8-19(9-7-18)14(21)11-4-3-5-12(10-11)22-15(16)17/h2-5,10,15H,1,6-9H2. The number of carbonyl (C=O) groups excluding carboxylic acids is 2. The van der Waals surface area contributed by atoms with Gasteiger partial charge in [0, 0.05) is 31.7 Å². The van der Waals surface area contributed by atoms with Crippen LogP contribution in [0.5, 0.6) is 5.75 Å². The lowest BCUT2D eigenvalue weighted by atomic mass is 10.1. The fraction of sp³-hybridized carbons (Fsp3) is 0.333. The normalized spacial score (nSPS) is 14.9. The van der Waals surface area contributed by atoms with Crippen molar-refractivity contribution in [2.24, 2.45) is 0 Å². The lowest BCUT2D eigenvalue weighted by Gasteiger charge is -2.34. The van der Waals surface area contributed by atoms with E-state index in [0.717, 1.165) is 0 Å². The molecule has 1 aromatic carbocycles. The number of alkyl halides is 2. The van der Waals surface area contributed by atoms with Gasteiger partial charge in [-0.05, 0) is 24.3 Å². The lowest BCUT2D eigenvalue weighted by molar-refractivity contribution is -0.127. The summed E-state index contributed by atoms with van der Waals surface area (Å²) in [6.07, 6.45) is 1.24. The average molecular weight is 310 g/mol. The molecule has 0 radical (unpaired) electrons. The number of benzene rings is 1. The van der Waals surface area contributed by atoms with Gasteiger partial charge in [-0.15, -0.1) is 0 Å². The second-order valence-electron chi connectivity index (χ2n) is 4.73. The van der Waals surface area contributed by atoms with Gasteiger partial charge in [0.1, 0.15) is 5.75 Å². The van der Waals surface area contributed by atoms with Crippen LogP contribution >= 0.6 is 0 Å². The zero-order valence-corrected chi connectivity index (χ0v) is 11.9. The molecule has 0 aromatic heterocycles. The number of rotatable bonds is 4. The zero-order valence-electron chi connectivity index (χ0n) is 11.9. The van der Waals surface area contributed by atoms with E-state index in [1.165, 1.54) is 24.3 Å². The Labute approximate surface area is 126 Å². The highest BCUT2D eigenvalue weighted by Gasteiger charge is 2.24. The number of hydrogen-bond acceptors (Lipinski definition) is 3. The summed E-state index contributed by atoms with van der Waals surface area (Å²) < 4.78 is 28.7. The van der Waals surface area contributed by atoms with Crippen LogP contribution in [0.15, 0.2) is 36.9 Å². The number of amides is 2. The molecular weight excluding hydrogens is 294 g/mol. The van der Waals surface area contributed by atoms with Gasteiger partial charge in [0.05, 0.1) is 0 Å². The van der Waals surface area contributed by atoms with Crippen molar-refractivity contribution < 1.29 is 23.1 Å². The quantitative estimate of drug-likeness (QED) is 0.796. The van der Waals surface area contributed by atoms with Crippen LogP contribution in [0, 0.1) is 0 Å². The number of piperazine rings is 1. The van der Waals surface area contributed by atoms with Gasteiger partial charge in [-0.3, -0.25) is 9.59 Å². The molecule has 5 nitrogen and oxygen atoms in total. The summed E-state index contributed by atoms with van der Waals surface area (Å²) in [6.45, 7) is 2.11. The van der Waals surface area contributed by atoms with E-state index < -0.39 is 6.61 Å². The molecule has 1 aliphatic rings. The minimum absolute atomic E-state index is 0.0543. The molecular formula is C15H16F2N2O3. The van der Waals surface area contributed by atoms with E-state index in [1.54, 1.807) is 15.9 Å². The maximum absolute atomic E-state index is 12.3. The summed E-state index contributed by atoms with van der Waals surface area (Å²) in [5.74, 6) is -0.494. The number of hydrogen-bond donors (Lipinski definition) is 0. The highest BCUT2D eigenvalue weighted by molar-refractivity contribution is 5.95. The van der Waals surface area contributed by atoms with Gasteiger partial charge in [-0.1, -0.05) is 12.6 Å². The van der Waals surface area contributed by atoms with Crippen LogP contribution in [0.3, 0.4) is 0 Å². The number of nitrogens with zero attached hydrogens (tertiary/aromatic N) is 2. The van der Waals surface area contributed by atoms with Crippen LogP contribution in [0.25, 0.3) is 0 Å². The minimum Gasteiger partial charge on any atom is -0.435 e. The smallest absolute Gasteiger partial charge is 0.387 e. The highest BCUT2D eigenvalue weighted by atomic mass is 19.3. The van der Waals surface area contributed by atoms with E-state index in [0.29, 0.717) is 26.2 Å². The Bertz CT molecular complexity index is 570. The van der Waals surface area contributed by atoms with E-state index in [-0.39, 0.29) is 23.1 Å². The third-order valence-corrected chi connectivity index (χ3v) is 3.36. The molecule has 0 atom stereocenters. The van der Waals surface area contributed by atoms with E-state index in [4.69, 9.17) is 0 Å². The summed E-state index contributed by atoms with van der Waals surface area (Å²) in [4.78, 5) is 27.0. The van der Waals surface area contributed by atoms with Gasteiger partial charge in [0.15, 0.2) is 0 Å². The first-order valence-corrected chi connectivity index (χ1v) is 6.76. The molecule has 1 fully saturated rings. The molecule has 2 amide bonds. The van der Waals surface area contributed by atoms with E-state index >= 15 is 0 Å². The van der Waals surface area contributed by atoms with Gasteiger partial charge >= 0.3 is 6.61 Å². The molecule has 22 heavy (non-hydrogen) atoms. The molecule has 118 valence electrons. The number of halogens is 2. The van der Waals surface area contributed by atoms with Crippen LogP contribution in [0.1, 0.15) is 10.4 Å². The molecule has 0 unspecified atom stereocenters. The Kier molecular flexibility index (Phi) is 5.08. The number of carbonyl (C=O) groups is 2. The van der Waals surface area contributed by atoms with Crippen molar-refractivity contribution in [1.29, 1.82) is 0 Å². The fourth-order valence-corrected chi connectivity index (χ4v) is 2.25. The third-order valence-electron chi connectivity index (χ3n) is 3.36. The van der Waals surface area contributed by atoms with Crippen molar-refractivity contribution in [1.82, 2.24) is 9.80 Å². The zero-order chi connectivity index (χ0) is 16.1. The third kappa shape index (κ3) is 3.81. The van der Waals surface area contributed by atoms with Crippen molar-refractivity contribution in [3.8, 4) is 5.75 Å². The average Bonchev–Trinajstić information content (AvgIpc) is 2.53. The summed E-state index contributed by atoms with van der Waals surface area (Å²) in [6, 6.07) is 5.68. The van der Waals surface area contributed by atoms with E-state index in [1.807, 2.05) is 0 Å². The van der Waals surface area contributed by atoms with Crippen LogP contribution in [0.2, 0.25) is 0 Å². The minimum atomic E-state index is -2.93. The first-order valence-electron chi connectivity index (χ1n) is 6.76. The van der Waals surface area contributed by atoms with Gasteiger partial charge in [0.25, 0.3) is 5.91 Å². The maximum atomic E-state index is 12.3. The summed E-state index contributed by atoms with van der Waals surface area (Å²) in [5, 5.41) is 0. The topological polar surface area (TPSA) is 49.9 Å². The highest BCUT2D eigenvalue weighted by Crippen LogP contribution is 2.18. The largest absolute Gasteiger partial charge is 0.435 e. The molecule has 0 spiro atoms. The van der Waals surface area contributed by atoms with Crippen LogP contribution in [0.4, 0.5) is 8.78 Å². The molecule has 0 saturated carbocycles. The molecule has 2 rings (SSSR count). The Hall–Kier alpha value is -2.44.